The van der Waals surface area contributed by atoms with Crippen LogP contribution < -0.4 is 11.5 Å². The van der Waals surface area contributed by atoms with E-state index in [1.54, 1.807) is 0 Å². The van der Waals surface area contributed by atoms with E-state index in [1.165, 1.54) is 0 Å². The number of ether oxygens (including phenoxy) is 4. The van der Waals surface area contributed by atoms with Crippen molar-refractivity contribution in [1.82, 2.24) is 0 Å². The van der Waals surface area contributed by atoms with Gasteiger partial charge in [-0.3, -0.25) is 0 Å². The van der Waals surface area contributed by atoms with Crippen molar-refractivity contribution >= 4 is 0 Å². The molecule has 2 aliphatic rings. The van der Waals surface area contributed by atoms with Crippen molar-refractivity contribution in [3.05, 3.63) is 71.8 Å². The summed E-state index contributed by atoms with van der Waals surface area (Å²) in [5, 5.41) is 0. The molecule has 0 aliphatic carbocycles. The summed E-state index contributed by atoms with van der Waals surface area (Å²) >= 11 is 0. The van der Waals surface area contributed by atoms with E-state index in [9.17, 15) is 0 Å². The third-order valence-corrected chi connectivity index (χ3v) is 4.82. The monoisotopic (exact) mass is 356 g/mol. The zero-order valence-corrected chi connectivity index (χ0v) is 14.4. The summed E-state index contributed by atoms with van der Waals surface area (Å²) in [7, 11) is 0. The molecule has 0 saturated carbocycles. The molecular weight excluding hydrogens is 332 g/mol. The van der Waals surface area contributed by atoms with Crippen LogP contribution in [0.3, 0.4) is 0 Å². The van der Waals surface area contributed by atoms with Crippen LogP contribution in [0.4, 0.5) is 0 Å². The first-order valence-corrected chi connectivity index (χ1v) is 8.92. The average molecular weight is 356 g/mol. The summed E-state index contributed by atoms with van der Waals surface area (Å²) in [4.78, 5) is 0. The van der Waals surface area contributed by atoms with Crippen LogP contribution in [0.25, 0.3) is 0 Å². The second-order valence-corrected chi connectivity index (χ2v) is 6.51. The van der Waals surface area contributed by atoms with Crippen molar-refractivity contribution < 1.29 is 18.9 Å². The van der Waals surface area contributed by atoms with Gasteiger partial charge in [0.2, 0.25) is 0 Å². The summed E-state index contributed by atoms with van der Waals surface area (Å²) in [6.07, 6.45) is -2.17. The number of nitrogens with two attached hydrogens (primary N) is 2. The fraction of sp³-hybridized carbons (Fsp3) is 0.400. The third-order valence-electron chi connectivity index (χ3n) is 4.82. The molecule has 0 bridgehead atoms. The van der Waals surface area contributed by atoms with Crippen LogP contribution in [0.1, 0.15) is 23.7 Å². The molecule has 26 heavy (non-hydrogen) atoms. The van der Waals surface area contributed by atoms with E-state index < -0.39 is 12.6 Å². The second kappa shape index (κ2) is 7.84. The zero-order chi connectivity index (χ0) is 17.9. The van der Waals surface area contributed by atoms with Gasteiger partial charge in [-0.2, -0.15) is 0 Å². The fourth-order valence-electron chi connectivity index (χ4n) is 3.49. The van der Waals surface area contributed by atoms with Gasteiger partial charge in [-0.15, -0.1) is 0 Å². The lowest BCUT2D eigenvalue weighted by atomic mass is 10.0. The lowest BCUT2D eigenvalue weighted by molar-refractivity contribution is -0.107. The van der Waals surface area contributed by atoms with E-state index in [2.05, 4.69) is 0 Å². The van der Waals surface area contributed by atoms with E-state index >= 15 is 0 Å². The molecule has 0 radical (unpaired) electrons. The third kappa shape index (κ3) is 3.40. The van der Waals surface area contributed by atoms with Crippen molar-refractivity contribution in [2.24, 2.45) is 11.5 Å². The minimum Gasteiger partial charge on any atom is -0.341 e. The summed E-state index contributed by atoms with van der Waals surface area (Å²) < 4.78 is 24.4. The molecule has 6 heteroatoms. The SMILES string of the molecule is NC[C@@H]1OC(c2ccccc2)O[C@H]1[C@H]1OC(c2ccccc2)O[C@@H]1CN. The topological polar surface area (TPSA) is 89.0 Å². The van der Waals surface area contributed by atoms with Crippen molar-refractivity contribution in [3.8, 4) is 0 Å². The van der Waals surface area contributed by atoms with Crippen molar-refractivity contribution in [2.75, 3.05) is 13.1 Å². The first-order valence-electron chi connectivity index (χ1n) is 8.92. The summed E-state index contributed by atoms with van der Waals surface area (Å²) in [5.74, 6) is 0. The molecule has 0 aromatic heterocycles. The highest BCUT2D eigenvalue weighted by Crippen LogP contribution is 2.40. The van der Waals surface area contributed by atoms with Crippen LogP contribution in [0.2, 0.25) is 0 Å². The van der Waals surface area contributed by atoms with Crippen LogP contribution in [0.5, 0.6) is 0 Å². The molecule has 2 saturated heterocycles. The van der Waals surface area contributed by atoms with Crippen molar-refractivity contribution in [3.63, 3.8) is 0 Å². The van der Waals surface area contributed by atoms with Gasteiger partial charge in [0.05, 0.1) is 0 Å². The Morgan fingerprint density at radius 2 is 0.962 bits per heavy atom. The molecule has 2 fully saturated rings. The molecule has 2 aliphatic heterocycles. The Hall–Kier alpha value is -1.80. The molecule has 2 heterocycles. The largest absolute Gasteiger partial charge is 0.341 e. The molecule has 2 unspecified atom stereocenters. The molecule has 4 rings (SSSR count). The average Bonchev–Trinajstić information content (AvgIpc) is 3.33. The molecule has 0 amide bonds. The Labute approximate surface area is 153 Å². The quantitative estimate of drug-likeness (QED) is 0.850. The number of hydrogen-bond donors (Lipinski definition) is 2. The van der Waals surface area contributed by atoms with Gasteiger partial charge in [0.1, 0.15) is 24.4 Å². The van der Waals surface area contributed by atoms with Gasteiger partial charge < -0.3 is 30.4 Å². The zero-order valence-electron chi connectivity index (χ0n) is 14.4. The van der Waals surface area contributed by atoms with Crippen LogP contribution >= 0.6 is 0 Å². The van der Waals surface area contributed by atoms with Crippen LogP contribution in [-0.2, 0) is 18.9 Å². The van der Waals surface area contributed by atoms with E-state index in [0.29, 0.717) is 13.1 Å². The number of hydrogen-bond acceptors (Lipinski definition) is 6. The molecule has 6 atom stereocenters. The molecule has 2 aromatic rings. The Kier molecular flexibility index (Phi) is 5.31. The van der Waals surface area contributed by atoms with Crippen LogP contribution in [0, 0.1) is 0 Å². The summed E-state index contributed by atoms with van der Waals surface area (Å²) in [6, 6.07) is 19.6. The second-order valence-electron chi connectivity index (χ2n) is 6.51. The highest BCUT2D eigenvalue weighted by atomic mass is 16.8. The number of benzene rings is 2. The first-order chi connectivity index (χ1) is 12.8. The smallest absolute Gasteiger partial charge is 0.184 e. The minimum atomic E-state index is -0.465. The predicted octanol–water partition coefficient (Wildman–Crippen LogP) is 1.87. The standard InChI is InChI=1S/C20H24N2O4/c21-11-15-17(25-19(23-15)13-7-3-1-4-8-13)18-16(12-22)24-20(26-18)14-9-5-2-6-10-14/h1-10,15-20H,11-12,21-22H2/t15-,16+,17+,18-,19?,20?. The van der Waals surface area contributed by atoms with E-state index in [1.807, 2.05) is 60.7 Å². The Bertz CT molecular complexity index is 638. The first kappa shape index (κ1) is 17.6. The summed E-state index contributed by atoms with van der Waals surface area (Å²) in [5.41, 5.74) is 13.8. The number of rotatable bonds is 5. The lowest BCUT2D eigenvalue weighted by Gasteiger charge is -2.24. The van der Waals surface area contributed by atoms with Crippen LogP contribution in [-0.4, -0.2) is 37.5 Å². The van der Waals surface area contributed by atoms with E-state index in [-0.39, 0.29) is 24.4 Å². The lowest BCUT2D eigenvalue weighted by Crippen LogP contribution is -2.46. The molecule has 4 N–H and O–H groups in total. The maximum Gasteiger partial charge on any atom is 0.184 e. The Morgan fingerprint density at radius 1 is 0.577 bits per heavy atom. The Balaban J connectivity index is 1.53. The van der Waals surface area contributed by atoms with Gasteiger partial charge in [-0.25, -0.2) is 0 Å². The highest BCUT2D eigenvalue weighted by molar-refractivity contribution is 5.18. The predicted molar refractivity (Wildman–Crippen MR) is 96.0 cm³/mol. The maximum absolute atomic E-state index is 6.19. The molecule has 6 nitrogen and oxygen atoms in total. The minimum absolute atomic E-state index is 0.280. The van der Waals surface area contributed by atoms with Crippen molar-refractivity contribution in [2.45, 2.75) is 37.0 Å². The highest BCUT2D eigenvalue weighted by Gasteiger charge is 2.49. The van der Waals surface area contributed by atoms with Gasteiger partial charge in [0.25, 0.3) is 0 Å². The Morgan fingerprint density at radius 3 is 1.31 bits per heavy atom. The van der Waals surface area contributed by atoms with Gasteiger partial charge in [0, 0.05) is 24.2 Å². The van der Waals surface area contributed by atoms with E-state index in [4.69, 9.17) is 30.4 Å². The molecule has 138 valence electrons. The normalized spacial score (nSPS) is 34.2. The molecule has 0 spiro atoms. The maximum atomic E-state index is 6.19. The van der Waals surface area contributed by atoms with Crippen molar-refractivity contribution in [1.29, 1.82) is 0 Å². The summed E-state index contributed by atoms with van der Waals surface area (Å²) in [6.45, 7) is 0.669. The molecule has 2 aromatic carbocycles. The fourth-order valence-corrected chi connectivity index (χ4v) is 3.49. The van der Waals surface area contributed by atoms with Gasteiger partial charge in [-0.05, 0) is 0 Å². The van der Waals surface area contributed by atoms with Crippen LogP contribution in [0.15, 0.2) is 60.7 Å². The van der Waals surface area contributed by atoms with E-state index in [0.717, 1.165) is 11.1 Å². The van der Waals surface area contributed by atoms with Gasteiger partial charge >= 0.3 is 0 Å². The van der Waals surface area contributed by atoms with Gasteiger partial charge in [-0.1, -0.05) is 60.7 Å². The molecular formula is C20H24N2O4. The van der Waals surface area contributed by atoms with Gasteiger partial charge in [0.15, 0.2) is 12.6 Å².